The molecule has 0 radical (unpaired) electrons. The minimum atomic E-state index is -0.391. The van der Waals surface area contributed by atoms with Gasteiger partial charge in [-0.3, -0.25) is 9.89 Å². The van der Waals surface area contributed by atoms with E-state index in [1.807, 2.05) is 42.5 Å². The van der Waals surface area contributed by atoms with Gasteiger partial charge in [-0.15, -0.1) is 0 Å². The predicted molar refractivity (Wildman–Crippen MR) is 144 cm³/mol. The van der Waals surface area contributed by atoms with Gasteiger partial charge in [0, 0.05) is 35.3 Å². The lowest BCUT2D eigenvalue weighted by Gasteiger charge is -2.35. The van der Waals surface area contributed by atoms with Crippen LogP contribution in [0.25, 0.3) is 10.9 Å². The van der Waals surface area contributed by atoms with E-state index in [0.717, 1.165) is 45.0 Å². The molecule has 0 spiro atoms. The molecular weight excluding hydrogens is 502 g/mol. The number of aliphatic imine (C=N–C) groups is 1. The largest absolute Gasteiger partial charge is 0.492 e. The smallest absolute Gasteiger partial charge is 0.410 e. The molecule has 0 saturated heterocycles. The number of nitrogens with two attached hydrogens (primary N) is 1. The van der Waals surface area contributed by atoms with Crippen LogP contribution in [0, 0.1) is 5.41 Å². The highest BCUT2D eigenvalue weighted by atomic mass is 35.5. The van der Waals surface area contributed by atoms with Crippen molar-refractivity contribution in [3.05, 3.63) is 64.3 Å². The third-order valence-corrected chi connectivity index (χ3v) is 6.56. The molecular formula is C25H28ClN5O4S. The zero-order valence-corrected chi connectivity index (χ0v) is 21.4. The lowest BCUT2D eigenvalue weighted by atomic mass is 9.92. The van der Waals surface area contributed by atoms with Gasteiger partial charge >= 0.3 is 6.09 Å². The monoisotopic (exact) mass is 529 g/mol. The van der Waals surface area contributed by atoms with Crippen LogP contribution in [0.1, 0.15) is 22.9 Å². The molecule has 9 nitrogen and oxygen atoms in total. The number of fused-ring (bicyclic) bond motifs is 3. The number of amidine groups is 1. The van der Waals surface area contributed by atoms with Gasteiger partial charge < -0.3 is 30.3 Å². The summed E-state index contributed by atoms with van der Waals surface area (Å²) in [7, 11) is 1.57. The second kappa shape index (κ2) is 12.2. The molecule has 0 aliphatic carbocycles. The number of hydrogen-bond donors (Lipinski definition) is 3. The van der Waals surface area contributed by atoms with E-state index in [9.17, 15) is 4.79 Å². The van der Waals surface area contributed by atoms with Gasteiger partial charge in [-0.1, -0.05) is 23.7 Å². The molecule has 1 amide bonds. The molecule has 190 valence electrons. The maximum absolute atomic E-state index is 13.0. The summed E-state index contributed by atoms with van der Waals surface area (Å²) in [6, 6.07) is 13.1. The summed E-state index contributed by atoms with van der Waals surface area (Å²) in [6.45, 7) is 1.77. The first kappa shape index (κ1) is 25.9. The highest BCUT2D eigenvalue weighted by Gasteiger charge is 2.35. The van der Waals surface area contributed by atoms with Crippen LogP contribution in [0.2, 0.25) is 5.02 Å². The molecule has 0 saturated carbocycles. The molecule has 4 rings (SSSR count). The van der Waals surface area contributed by atoms with Gasteiger partial charge in [0.05, 0.1) is 18.7 Å². The minimum absolute atomic E-state index is 0.186. The van der Waals surface area contributed by atoms with Crippen molar-refractivity contribution in [1.29, 1.82) is 5.41 Å². The molecule has 2 aromatic carbocycles. The predicted octanol–water partition coefficient (Wildman–Crippen LogP) is 4.59. The summed E-state index contributed by atoms with van der Waals surface area (Å²) in [5, 5.41) is 9.09. The van der Waals surface area contributed by atoms with Crippen molar-refractivity contribution < 1.29 is 19.0 Å². The molecule has 1 aromatic heterocycles. The van der Waals surface area contributed by atoms with Crippen molar-refractivity contribution in [2.45, 2.75) is 12.5 Å². The quantitative estimate of drug-likeness (QED) is 0.211. The maximum atomic E-state index is 13.0. The first-order chi connectivity index (χ1) is 17.5. The molecule has 1 aliphatic heterocycles. The second-order valence-corrected chi connectivity index (χ2v) is 9.36. The van der Waals surface area contributed by atoms with Gasteiger partial charge in [0.15, 0.2) is 5.17 Å². The van der Waals surface area contributed by atoms with E-state index in [-0.39, 0.29) is 12.6 Å². The summed E-state index contributed by atoms with van der Waals surface area (Å²) in [6.07, 6.45) is 0.296. The van der Waals surface area contributed by atoms with Crippen molar-refractivity contribution in [3.8, 4) is 5.75 Å². The number of aromatic amines is 1. The van der Waals surface area contributed by atoms with Crippen molar-refractivity contribution >= 4 is 51.1 Å². The molecule has 1 atom stereocenters. The van der Waals surface area contributed by atoms with Crippen LogP contribution in [-0.2, 0) is 15.9 Å². The van der Waals surface area contributed by atoms with Crippen LogP contribution in [-0.4, -0.2) is 66.7 Å². The molecule has 0 bridgehead atoms. The number of carbonyl (C=O) groups excluding carboxylic acids is 1. The number of thioether (sulfide) groups is 1. The Balaban J connectivity index is 1.58. The lowest BCUT2D eigenvalue weighted by molar-refractivity contribution is 0.0629. The van der Waals surface area contributed by atoms with Crippen LogP contribution >= 0.6 is 23.4 Å². The van der Waals surface area contributed by atoms with E-state index < -0.39 is 6.09 Å². The van der Waals surface area contributed by atoms with Gasteiger partial charge in [0.1, 0.15) is 25.0 Å². The minimum Gasteiger partial charge on any atom is -0.492 e. The Bertz CT molecular complexity index is 1250. The molecule has 4 N–H and O–H groups in total. The molecule has 2 heterocycles. The van der Waals surface area contributed by atoms with Gasteiger partial charge in [0.25, 0.3) is 0 Å². The van der Waals surface area contributed by atoms with Gasteiger partial charge in [-0.25, -0.2) is 4.79 Å². The summed E-state index contributed by atoms with van der Waals surface area (Å²) in [5.41, 5.74) is 10.8. The van der Waals surface area contributed by atoms with Gasteiger partial charge in [-0.05, 0) is 59.6 Å². The third kappa shape index (κ3) is 5.95. The number of amides is 1. The molecule has 1 aliphatic rings. The molecule has 3 aromatic rings. The summed E-state index contributed by atoms with van der Waals surface area (Å²) in [5.74, 6) is 0.681. The topological polar surface area (TPSA) is 126 Å². The van der Waals surface area contributed by atoms with E-state index in [2.05, 4.69) is 9.98 Å². The second-order valence-electron chi connectivity index (χ2n) is 8.03. The fourth-order valence-corrected chi connectivity index (χ4v) is 4.72. The highest BCUT2D eigenvalue weighted by Crippen LogP contribution is 2.39. The standard InChI is InChI=1S/C25H28ClN5O4S/c1-33-12-13-35-25(32)31-10-8-19-20-14-17(26)4-7-21(20)30-22(19)23(31)16-2-5-18(6-3-16)34-11-9-29-24(28)36-15-27/h2-7,14-15,23,27,30H,8-13H2,1H3,(H2,28,29). The number of nitrogens with zero attached hydrogens (tertiary/aromatic N) is 2. The Hall–Kier alpha value is -3.21. The zero-order chi connectivity index (χ0) is 25.5. The number of ether oxygens (including phenoxy) is 3. The Morgan fingerprint density at radius 2 is 2.08 bits per heavy atom. The van der Waals surface area contributed by atoms with Gasteiger partial charge in [0.2, 0.25) is 0 Å². The maximum Gasteiger partial charge on any atom is 0.410 e. The van der Waals surface area contributed by atoms with E-state index >= 15 is 0 Å². The SMILES string of the molecule is COCCOC(=O)N1CCc2c([nH]c3ccc(Cl)cc23)C1c1ccc(OCCN=C(N)SC=N)cc1. The van der Waals surface area contributed by atoms with Crippen LogP contribution in [0.15, 0.2) is 47.5 Å². The Labute approximate surface area is 218 Å². The molecule has 11 heteroatoms. The van der Waals surface area contributed by atoms with Crippen molar-refractivity contribution in [2.24, 2.45) is 10.7 Å². The van der Waals surface area contributed by atoms with E-state index in [1.54, 1.807) is 12.0 Å². The van der Waals surface area contributed by atoms with Crippen LogP contribution in [0.3, 0.4) is 0 Å². The lowest BCUT2D eigenvalue weighted by Crippen LogP contribution is -2.41. The van der Waals surface area contributed by atoms with E-state index in [0.29, 0.717) is 48.7 Å². The van der Waals surface area contributed by atoms with Crippen molar-refractivity contribution in [2.75, 3.05) is 40.0 Å². The normalized spacial score (nSPS) is 15.6. The number of aromatic nitrogens is 1. The number of halogens is 1. The van der Waals surface area contributed by atoms with Crippen LogP contribution in [0.4, 0.5) is 4.79 Å². The number of nitrogens with one attached hydrogen (secondary N) is 2. The van der Waals surface area contributed by atoms with Crippen molar-refractivity contribution in [1.82, 2.24) is 9.88 Å². The average Bonchev–Trinajstić information content (AvgIpc) is 3.24. The summed E-state index contributed by atoms with van der Waals surface area (Å²) >= 11 is 7.33. The average molecular weight is 530 g/mol. The number of carbonyl (C=O) groups is 1. The van der Waals surface area contributed by atoms with E-state index in [1.165, 1.54) is 0 Å². The first-order valence-corrected chi connectivity index (χ1v) is 12.7. The Morgan fingerprint density at radius 3 is 2.83 bits per heavy atom. The van der Waals surface area contributed by atoms with Crippen LogP contribution in [0.5, 0.6) is 5.75 Å². The molecule has 1 unspecified atom stereocenters. The number of benzene rings is 2. The fourth-order valence-electron chi connectivity index (χ4n) is 4.26. The number of hydrogen-bond acceptors (Lipinski definition) is 7. The Kier molecular flexibility index (Phi) is 8.74. The first-order valence-electron chi connectivity index (χ1n) is 11.4. The zero-order valence-electron chi connectivity index (χ0n) is 19.8. The van der Waals surface area contributed by atoms with Crippen molar-refractivity contribution in [3.63, 3.8) is 0 Å². The molecule has 36 heavy (non-hydrogen) atoms. The summed E-state index contributed by atoms with van der Waals surface area (Å²) in [4.78, 5) is 22.4. The molecule has 0 fully saturated rings. The summed E-state index contributed by atoms with van der Waals surface area (Å²) < 4.78 is 16.3. The van der Waals surface area contributed by atoms with Crippen LogP contribution < -0.4 is 10.5 Å². The number of rotatable bonds is 9. The third-order valence-electron chi connectivity index (χ3n) is 5.84. The Morgan fingerprint density at radius 1 is 1.28 bits per heavy atom. The van der Waals surface area contributed by atoms with Gasteiger partial charge in [-0.2, -0.15) is 0 Å². The number of methoxy groups -OCH3 is 1. The fraction of sp³-hybridized carbons (Fsp3) is 0.320. The number of H-pyrrole nitrogens is 1. The van der Waals surface area contributed by atoms with E-state index in [4.69, 9.17) is 37.0 Å². The highest BCUT2D eigenvalue weighted by molar-refractivity contribution is 8.24.